The van der Waals surface area contributed by atoms with Crippen LogP contribution in [0.25, 0.3) is 0 Å². The summed E-state index contributed by atoms with van der Waals surface area (Å²) in [6.07, 6.45) is 1.56. The third-order valence-electron chi connectivity index (χ3n) is 2.78. The summed E-state index contributed by atoms with van der Waals surface area (Å²) in [6.45, 7) is 0.655. The van der Waals surface area contributed by atoms with Crippen molar-refractivity contribution in [3.8, 4) is 0 Å². The van der Waals surface area contributed by atoms with Crippen molar-refractivity contribution in [1.29, 1.82) is 0 Å². The lowest BCUT2D eigenvalue weighted by Gasteiger charge is -2.12. The normalized spacial score (nSPS) is 19.9. The molecule has 0 spiro atoms. The Morgan fingerprint density at radius 1 is 1.44 bits per heavy atom. The van der Waals surface area contributed by atoms with Crippen LogP contribution in [0.2, 0.25) is 0 Å². The van der Waals surface area contributed by atoms with E-state index >= 15 is 0 Å². The summed E-state index contributed by atoms with van der Waals surface area (Å²) < 4.78 is 31.7. The molecule has 0 aromatic heterocycles. The highest BCUT2D eigenvalue weighted by molar-refractivity contribution is 7.92. The maximum atomic E-state index is 11.9. The number of sulfonamides is 1. The summed E-state index contributed by atoms with van der Waals surface area (Å²) in [5.41, 5.74) is 1.43. The number of halogens is 1. The van der Waals surface area contributed by atoms with Crippen molar-refractivity contribution in [1.82, 2.24) is 0 Å². The largest absolute Gasteiger partial charge is 0.377 e. The minimum atomic E-state index is -3.36. The number of alkyl halides is 1. The van der Waals surface area contributed by atoms with Crippen molar-refractivity contribution in [2.24, 2.45) is 0 Å². The van der Waals surface area contributed by atoms with Crippen molar-refractivity contribution in [3.63, 3.8) is 0 Å². The molecule has 0 amide bonds. The SMILES string of the molecule is O=S(=O)(CC1CCCO1)Nc1cccc(CCl)c1. The maximum absolute atomic E-state index is 11.9. The molecule has 18 heavy (non-hydrogen) atoms. The maximum Gasteiger partial charge on any atom is 0.235 e. The molecule has 0 aliphatic carbocycles. The molecule has 100 valence electrons. The topological polar surface area (TPSA) is 55.4 Å². The van der Waals surface area contributed by atoms with Gasteiger partial charge in [-0.2, -0.15) is 0 Å². The van der Waals surface area contributed by atoms with Crippen molar-refractivity contribution >= 4 is 27.3 Å². The molecule has 1 N–H and O–H groups in total. The van der Waals surface area contributed by atoms with Crippen LogP contribution in [0.5, 0.6) is 0 Å². The lowest BCUT2D eigenvalue weighted by atomic mass is 10.2. The van der Waals surface area contributed by atoms with E-state index in [-0.39, 0.29) is 11.9 Å². The molecule has 2 rings (SSSR count). The number of hydrogen-bond acceptors (Lipinski definition) is 3. The molecule has 1 unspecified atom stereocenters. The summed E-state index contributed by atoms with van der Waals surface area (Å²) in [4.78, 5) is 0. The van der Waals surface area contributed by atoms with Crippen LogP contribution in [0.4, 0.5) is 5.69 Å². The van der Waals surface area contributed by atoms with E-state index in [1.807, 2.05) is 6.07 Å². The number of ether oxygens (including phenoxy) is 1. The first-order valence-electron chi connectivity index (χ1n) is 5.86. The van der Waals surface area contributed by atoms with E-state index in [9.17, 15) is 8.42 Å². The fraction of sp³-hybridized carbons (Fsp3) is 0.500. The zero-order valence-electron chi connectivity index (χ0n) is 9.93. The standard InChI is InChI=1S/C12H16ClNO3S/c13-8-10-3-1-4-11(7-10)14-18(15,16)9-12-5-2-6-17-12/h1,3-4,7,12,14H,2,5-6,8-9H2. The third kappa shape index (κ3) is 3.86. The van der Waals surface area contributed by atoms with E-state index in [0.717, 1.165) is 18.4 Å². The first-order valence-corrected chi connectivity index (χ1v) is 8.05. The van der Waals surface area contributed by atoms with Gasteiger partial charge in [-0.05, 0) is 30.5 Å². The van der Waals surface area contributed by atoms with Crippen LogP contribution in [-0.4, -0.2) is 26.9 Å². The Kier molecular flexibility index (Phi) is 4.48. The van der Waals surface area contributed by atoms with Gasteiger partial charge in [0, 0.05) is 18.2 Å². The lowest BCUT2D eigenvalue weighted by molar-refractivity contribution is 0.127. The van der Waals surface area contributed by atoms with Gasteiger partial charge in [0.05, 0.1) is 11.9 Å². The number of hydrogen-bond donors (Lipinski definition) is 1. The Balaban J connectivity index is 2.02. The van der Waals surface area contributed by atoms with Gasteiger partial charge < -0.3 is 4.74 Å². The second-order valence-corrected chi connectivity index (χ2v) is 6.39. The Bertz CT molecular complexity index is 498. The van der Waals surface area contributed by atoms with E-state index in [1.165, 1.54) is 0 Å². The average Bonchev–Trinajstić information content (AvgIpc) is 2.80. The van der Waals surface area contributed by atoms with Gasteiger partial charge in [-0.3, -0.25) is 4.72 Å². The lowest BCUT2D eigenvalue weighted by Crippen LogP contribution is -2.25. The molecule has 1 heterocycles. The Hall–Kier alpha value is -0.780. The minimum absolute atomic E-state index is 0.0120. The number of rotatable bonds is 5. The van der Waals surface area contributed by atoms with E-state index in [1.54, 1.807) is 18.2 Å². The molecule has 1 aromatic rings. The fourth-order valence-electron chi connectivity index (χ4n) is 1.96. The molecule has 1 atom stereocenters. The van der Waals surface area contributed by atoms with Gasteiger partial charge in [0.15, 0.2) is 0 Å². The Labute approximate surface area is 112 Å². The van der Waals surface area contributed by atoms with Crippen molar-refractivity contribution in [2.75, 3.05) is 17.1 Å². The molecule has 1 aliphatic heterocycles. The predicted molar refractivity (Wildman–Crippen MR) is 72.4 cm³/mol. The molecule has 0 radical (unpaired) electrons. The van der Waals surface area contributed by atoms with Crippen LogP contribution in [-0.2, 0) is 20.6 Å². The van der Waals surface area contributed by atoms with E-state index < -0.39 is 10.0 Å². The van der Waals surface area contributed by atoms with E-state index in [0.29, 0.717) is 18.2 Å². The van der Waals surface area contributed by atoms with Gasteiger partial charge in [0.1, 0.15) is 0 Å². The molecule has 0 saturated carbocycles. The molecule has 4 nitrogen and oxygen atoms in total. The fourth-order valence-corrected chi connectivity index (χ4v) is 3.45. The van der Waals surface area contributed by atoms with Crippen LogP contribution in [0.3, 0.4) is 0 Å². The summed E-state index contributed by atoms with van der Waals surface area (Å²) in [5, 5.41) is 0. The number of anilines is 1. The van der Waals surface area contributed by atoms with Crippen LogP contribution < -0.4 is 4.72 Å². The Morgan fingerprint density at radius 3 is 2.94 bits per heavy atom. The minimum Gasteiger partial charge on any atom is -0.377 e. The second-order valence-electron chi connectivity index (χ2n) is 4.35. The summed E-state index contributed by atoms with van der Waals surface area (Å²) in [7, 11) is -3.36. The monoisotopic (exact) mass is 289 g/mol. The van der Waals surface area contributed by atoms with Crippen LogP contribution in [0, 0.1) is 0 Å². The highest BCUT2D eigenvalue weighted by Crippen LogP contribution is 2.17. The third-order valence-corrected chi connectivity index (χ3v) is 4.45. The van der Waals surface area contributed by atoms with Gasteiger partial charge in [0.2, 0.25) is 10.0 Å². The summed E-state index contributed by atoms with van der Waals surface area (Å²) >= 11 is 5.71. The first kappa shape index (κ1) is 13.6. The second kappa shape index (κ2) is 5.91. The molecular formula is C12H16ClNO3S. The van der Waals surface area contributed by atoms with Gasteiger partial charge >= 0.3 is 0 Å². The van der Waals surface area contributed by atoms with Crippen molar-refractivity contribution in [2.45, 2.75) is 24.8 Å². The van der Waals surface area contributed by atoms with Gasteiger partial charge in [-0.1, -0.05) is 12.1 Å². The molecule has 0 bridgehead atoms. The highest BCUT2D eigenvalue weighted by Gasteiger charge is 2.23. The molecule has 6 heteroatoms. The van der Waals surface area contributed by atoms with Crippen LogP contribution >= 0.6 is 11.6 Å². The number of benzene rings is 1. The van der Waals surface area contributed by atoms with Crippen molar-refractivity contribution in [3.05, 3.63) is 29.8 Å². The quantitative estimate of drug-likeness (QED) is 0.847. The first-order chi connectivity index (χ1) is 8.59. The van der Waals surface area contributed by atoms with Crippen LogP contribution in [0.15, 0.2) is 24.3 Å². The Morgan fingerprint density at radius 2 is 2.28 bits per heavy atom. The van der Waals surface area contributed by atoms with E-state index in [2.05, 4.69) is 4.72 Å². The molecule has 1 fully saturated rings. The molecule has 1 aliphatic rings. The summed E-state index contributed by atoms with van der Waals surface area (Å²) in [5.74, 6) is 0.374. The van der Waals surface area contributed by atoms with Crippen LogP contribution in [0.1, 0.15) is 18.4 Å². The predicted octanol–water partition coefficient (Wildman–Crippen LogP) is 2.35. The number of nitrogens with one attached hydrogen (secondary N) is 1. The molecular weight excluding hydrogens is 274 g/mol. The zero-order chi connectivity index (χ0) is 13.0. The average molecular weight is 290 g/mol. The van der Waals surface area contributed by atoms with Gasteiger partial charge in [-0.25, -0.2) is 8.42 Å². The molecule has 1 aromatic carbocycles. The van der Waals surface area contributed by atoms with Gasteiger partial charge in [-0.15, -0.1) is 11.6 Å². The van der Waals surface area contributed by atoms with Crippen molar-refractivity contribution < 1.29 is 13.2 Å². The van der Waals surface area contributed by atoms with E-state index in [4.69, 9.17) is 16.3 Å². The summed E-state index contributed by atoms with van der Waals surface area (Å²) in [6, 6.07) is 7.08. The molecule has 1 saturated heterocycles. The highest BCUT2D eigenvalue weighted by atomic mass is 35.5. The smallest absolute Gasteiger partial charge is 0.235 e. The van der Waals surface area contributed by atoms with Gasteiger partial charge in [0.25, 0.3) is 0 Å². The zero-order valence-corrected chi connectivity index (χ0v) is 11.5.